The highest BCUT2D eigenvalue weighted by atomic mass is 16.5. The number of ether oxygens (including phenoxy) is 4. The number of carbonyl (C=O) groups is 2. The smallest absolute Gasteiger partial charge is 0.305 e. The lowest BCUT2D eigenvalue weighted by atomic mass is 9.96. The van der Waals surface area contributed by atoms with E-state index in [0.717, 1.165) is 46.6 Å². The van der Waals surface area contributed by atoms with Gasteiger partial charge in [-0.25, -0.2) is 0 Å². The van der Waals surface area contributed by atoms with Gasteiger partial charge in [-0.05, 0) is 86.1 Å². The quantitative estimate of drug-likeness (QED) is 0.400. The first-order valence-corrected chi connectivity index (χ1v) is 11.2. The van der Waals surface area contributed by atoms with Gasteiger partial charge in [0.15, 0.2) is 0 Å². The molecule has 0 N–H and O–H groups in total. The maximum Gasteiger partial charge on any atom is 0.305 e. The second-order valence-corrected chi connectivity index (χ2v) is 7.37. The zero-order chi connectivity index (χ0) is 23.3. The Morgan fingerprint density at radius 2 is 1.09 bits per heavy atom. The van der Waals surface area contributed by atoms with Crippen molar-refractivity contribution in [3.05, 3.63) is 47.5 Å². The van der Waals surface area contributed by atoms with Gasteiger partial charge in [-0.2, -0.15) is 0 Å². The Morgan fingerprint density at radius 3 is 1.44 bits per heavy atom. The number of hydrogen-bond donors (Lipinski definition) is 0. The van der Waals surface area contributed by atoms with Crippen molar-refractivity contribution in [1.29, 1.82) is 0 Å². The normalized spacial score (nSPS) is 10.5. The Kier molecular flexibility index (Phi) is 10.6. The van der Waals surface area contributed by atoms with E-state index < -0.39 is 0 Å². The van der Waals surface area contributed by atoms with Gasteiger partial charge in [0, 0.05) is 12.8 Å². The third-order valence-electron chi connectivity index (χ3n) is 5.16. The summed E-state index contributed by atoms with van der Waals surface area (Å²) >= 11 is 0. The fourth-order valence-corrected chi connectivity index (χ4v) is 3.62. The monoisotopic (exact) mass is 442 g/mol. The number of methoxy groups -OCH3 is 2. The maximum atomic E-state index is 11.6. The molecule has 0 aliphatic heterocycles. The van der Waals surface area contributed by atoms with Gasteiger partial charge in [0.25, 0.3) is 0 Å². The predicted octanol–water partition coefficient (Wildman–Crippen LogP) is 5.14. The van der Waals surface area contributed by atoms with Crippen molar-refractivity contribution in [2.24, 2.45) is 0 Å². The molecule has 32 heavy (non-hydrogen) atoms. The minimum atomic E-state index is -0.176. The molecule has 6 heteroatoms. The lowest BCUT2D eigenvalue weighted by Gasteiger charge is -2.14. The summed E-state index contributed by atoms with van der Waals surface area (Å²) in [6, 6.07) is 12.2. The van der Waals surface area contributed by atoms with E-state index in [4.69, 9.17) is 18.9 Å². The summed E-state index contributed by atoms with van der Waals surface area (Å²) in [5, 5.41) is 0. The van der Waals surface area contributed by atoms with Crippen molar-refractivity contribution in [3.8, 4) is 22.6 Å². The molecule has 0 spiro atoms. The van der Waals surface area contributed by atoms with E-state index in [9.17, 15) is 9.59 Å². The second kappa shape index (κ2) is 13.4. The van der Waals surface area contributed by atoms with E-state index in [0.29, 0.717) is 38.9 Å². The molecular weight excluding hydrogens is 408 g/mol. The van der Waals surface area contributed by atoms with Gasteiger partial charge in [-0.3, -0.25) is 9.59 Å². The molecule has 0 heterocycles. The van der Waals surface area contributed by atoms with Crippen molar-refractivity contribution >= 4 is 11.9 Å². The first-order chi connectivity index (χ1) is 15.5. The molecule has 174 valence electrons. The zero-order valence-electron chi connectivity index (χ0n) is 19.6. The van der Waals surface area contributed by atoms with E-state index >= 15 is 0 Å². The Hall–Kier alpha value is -3.02. The van der Waals surface area contributed by atoms with E-state index in [1.807, 2.05) is 38.1 Å². The average molecular weight is 443 g/mol. The van der Waals surface area contributed by atoms with Crippen LogP contribution < -0.4 is 9.47 Å². The molecule has 0 saturated carbocycles. The molecule has 0 fully saturated rings. The highest BCUT2D eigenvalue weighted by molar-refractivity contribution is 5.70. The van der Waals surface area contributed by atoms with Crippen LogP contribution in [0.15, 0.2) is 36.4 Å². The number of esters is 2. The molecular formula is C26H34O6. The molecule has 6 nitrogen and oxygen atoms in total. The Morgan fingerprint density at radius 1 is 0.688 bits per heavy atom. The number of rotatable bonds is 13. The molecule has 0 atom stereocenters. The van der Waals surface area contributed by atoms with Gasteiger partial charge >= 0.3 is 11.9 Å². The standard InChI is InChI=1S/C26H34O6/c1-5-31-25(27)11-7-9-21-17-19(13-15-23(21)29-3)20-14-16-24(30-4)22(18-20)10-8-12-26(28)32-6-2/h13-18H,5-12H2,1-4H3. The number of benzene rings is 2. The first-order valence-electron chi connectivity index (χ1n) is 11.2. The molecule has 0 saturated heterocycles. The molecule has 0 aliphatic carbocycles. The van der Waals surface area contributed by atoms with Crippen molar-refractivity contribution in [2.75, 3.05) is 27.4 Å². The largest absolute Gasteiger partial charge is 0.496 e. The average Bonchev–Trinajstić information content (AvgIpc) is 2.79. The molecule has 0 aliphatic rings. The lowest BCUT2D eigenvalue weighted by Crippen LogP contribution is -2.04. The summed E-state index contributed by atoms with van der Waals surface area (Å²) in [5.41, 5.74) is 4.22. The molecule has 2 aromatic rings. The summed E-state index contributed by atoms with van der Waals surface area (Å²) < 4.78 is 21.1. The summed E-state index contributed by atoms with van der Waals surface area (Å²) in [6.45, 7) is 4.42. The van der Waals surface area contributed by atoms with Gasteiger partial charge in [-0.15, -0.1) is 0 Å². The topological polar surface area (TPSA) is 71.1 Å². The van der Waals surface area contributed by atoms with Crippen LogP contribution in [0.4, 0.5) is 0 Å². The highest BCUT2D eigenvalue weighted by Crippen LogP contribution is 2.31. The molecule has 0 aromatic heterocycles. The van der Waals surface area contributed by atoms with Crippen LogP contribution in [0.2, 0.25) is 0 Å². The molecule has 2 aromatic carbocycles. The Balaban J connectivity index is 2.17. The molecule has 0 unspecified atom stereocenters. The molecule has 0 amide bonds. The Labute approximate surface area is 190 Å². The predicted molar refractivity (Wildman–Crippen MR) is 124 cm³/mol. The first kappa shape index (κ1) is 25.2. The summed E-state index contributed by atoms with van der Waals surface area (Å²) in [6.07, 6.45) is 3.60. The van der Waals surface area contributed by atoms with Crippen LogP contribution in [0.25, 0.3) is 11.1 Å². The second-order valence-electron chi connectivity index (χ2n) is 7.37. The fraction of sp³-hybridized carbons (Fsp3) is 0.462. The van der Waals surface area contributed by atoms with Crippen LogP contribution in [-0.4, -0.2) is 39.4 Å². The number of aryl methyl sites for hydroxylation is 2. The van der Waals surface area contributed by atoms with Gasteiger partial charge in [0.2, 0.25) is 0 Å². The SMILES string of the molecule is CCOC(=O)CCCc1cc(-c2ccc(OC)c(CCCC(=O)OCC)c2)ccc1OC. The number of carbonyl (C=O) groups excluding carboxylic acids is 2. The van der Waals surface area contributed by atoms with Crippen molar-refractivity contribution in [2.45, 2.75) is 52.4 Å². The van der Waals surface area contributed by atoms with Crippen LogP contribution in [0.5, 0.6) is 11.5 Å². The molecule has 0 radical (unpaired) electrons. The van der Waals surface area contributed by atoms with Gasteiger partial charge in [-0.1, -0.05) is 12.1 Å². The third kappa shape index (κ3) is 7.59. The van der Waals surface area contributed by atoms with E-state index in [2.05, 4.69) is 12.1 Å². The maximum absolute atomic E-state index is 11.6. The minimum absolute atomic E-state index is 0.176. The third-order valence-corrected chi connectivity index (χ3v) is 5.16. The summed E-state index contributed by atoms with van der Waals surface area (Å²) in [4.78, 5) is 23.3. The van der Waals surface area contributed by atoms with Crippen molar-refractivity contribution in [3.63, 3.8) is 0 Å². The van der Waals surface area contributed by atoms with Gasteiger partial charge < -0.3 is 18.9 Å². The molecule has 0 bridgehead atoms. The summed E-state index contributed by atoms with van der Waals surface area (Å²) in [7, 11) is 3.30. The zero-order valence-corrected chi connectivity index (χ0v) is 19.6. The van der Waals surface area contributed by atoms with E-state index in [-0.39, 0.29) is 11.9 Å². The van der Waals surface area contributed by atoms with Crippen LogP contribution in [0.1, 0.15) is 50.7 Å². The van der Waals surface area contributed by atoms with Crippen LogP contribution in [0.3, 0.4) is 0 Å². The highest BCUT2D eigenvalue weighted by Gasteiger charge is 2.11. The minimum Gasteiger partial charge on any atom is -0.496 e. The molecule has 2 rings (SSSR count). The van der Waals surface area contributed by atoms with Gasteiger partial charge in [0.05, 0.1) is 27.4 Å². The lowest BCUT2D eigenvalue weighted by molar-refractivity contribution is -0.144. The van der Waals surface area contributed by atoms with Crippen molar-refractivity contribution < 1.29 is 28.5 Å². The number of hydrogen-bond acceptors (Lipinski definition) is 6. The van der Waals surface area contributed by atoms with E-state index in [1.54, 1.807) is 14.2 Å². The van der Waals surface area contributed by atoms with Crippen LogP contribution in [-0.2, 0) is 31.9 Å². The fourth-order valence-electron chi connectivity index (χ4n) is 3.62. The summed E-state index contributed by atoms with van der Waals surface area (Å²) in [5.74, 6) is 1.26. The van der Waals surface area contributed by atoms with E-state index in [1.165, 1.54) is 0 Å². The van der Waals surface area contributed by atoms with Crippen LogP contribution >= 0.6 is 0 Å². The van der Waals surface area contributed by atoms with Gasteiger partial charge in [0.1, 0.15) is 11.5 Å². The Bertz CT molecular complexity index is 816. The van der Waals surface area contributed by atoms with Crippen LogP contribution in [0, 0.1) is 0 Å². The van der Waals surface area contributed by atoms with Crippen molar-refractivity contribution in [1.82, 2.24) is 0 Å².